The maximum absolute atomic E-state index is 6.68. The topological polar surface area (TPSA) is 51.8 Å². The Morgan fingerprint density at radius 1 is 0.254 bits per heavy atom. The highest BCUT2D eigenvalue weighted by atomic mass is 32.1. The second kappa shape index (κ2) is 15.2. The molecule has 71 heavy (non-hydrogen) atoms. The highest BCUT2D eigenvalue weighted by molar-refractivity contribution is 7.27. The number of aromatic nitrogens is 3. The molecule has 0 amide bonds. The second-order valence-electron chi connectivity index (χ2n) is 18.2. The summed E-state index contributed by atoms with van der Waals surface area (Å²) in [5.74, 6) is 1.86. The fourth-order valence-corrected chi connectivity index (χ4v) is 15.4. The van der Waals surface area contributed by atoms with Gasteiger partial charge in [-0.1, -0.05) is 127 Å². The van der Waals surface area contributed by atoms with Crippen LogP contribution in [0.4, 0.5) is 0 Å². The van der Waals surface area contributed by atoms with E-state index in [9.17, 15) is 0 Å². The summed E-state index contributed by atoms with van der Waals surface area (Å²) < 4.78 is 16.8. The molecule has 0 saturated heterocycles. The summed E-state index contributed by atoms with van der Waals surface area (Å²) in [6, 6.07) is 72.6. The SMILES string of the molecule is c1cc(-c2nc(-c3ccc4c(c3)sc3ccccc34)nc(-c3ccc4c(c3)sc3ccccc34)n2)c2c(c1)oc1ccc(-c3cccc4sc5ccc(-c6ccc7c(c6)sc6ccccc67)cc5c34)cc12. The van der Waals surface area contributed by atoms with E-state index in [-0.39, 0.29) is 0 Å². The van der Waals surface area contributed by atoms with Gasteiger partial charge in [-0.25, -0.2) is 15.0 Å². The second-order valence-corrected chi connectivity index (χ2v) is 22.6. The number of fused-ring (bicyclic) bond motifs is 15. The summed E-state index contributed by atoms with van der Waals surface area (Å²) >= 11 is 7.32. The molecule has 0 bridgehead atoms. The van der Waals surface area contributed by atoms with Gasteiger partial charge in [-0.05, 0) is 95.1 Å². The van der Waals surface area contributed by atoms with Crippen LogP contribution in [0.3, 0.4) is 0 Å². The fourth-order valence-electron chi connectivity index (χ4n) is 10.8. The van der Waals surface area contributed by atoms with Gasteiger partial charge in [0.15, 0.2) is 17.5 Å². The molecule has 0 aliphatic rings. The molecule has 0 N–H and O–H groups in total. The molecule has 6 heterocycles. The van der Waals surface area contributed by atoms with Crippen LogP contribution in [-0.4, -0.2) is 15.0 Å². The predicted molar refractivity (Wildman–Crippen MR) is 306 cm³/mol. The molecular weight excluding hydrogens is 943 g/mol. The van der Waals surface area contributed by atoms with Crippen LogP contribution >= 0.6 is 45.3 Å². The maximum Gasteiger partial charge on any atom is 0.164 e. The van der Waals surface area contributed by atoms with Gasteiger partial charge >= 0.3 is 0 Å². The molecule has 6 aromatic heterocycles. The van der Waals surface area contributed by atoms with E-state index in [1.54, 1.807) is 22.7 Å². The van der Waals surface area contributed by atoms with Crippen LogP contribution in [0.15, 0.2) is 205 Å². The molecule has 0 atom stereocenters. The van der Waals surface area contributed by atoms with E-state index in [0.717, 1.165) is 44.2 Å². The average Bonchev–Trinajstić information content (AvgIpc) is 4.25. The van der Waals surface area contributed by atoms with Crippen LogP contribution in [0.2, 0.25) is 0 Å². The number of hydrogen-bond donors (Lipinski definition) is 0. The molecule has 0 fully saturated rings. The molecule has 0 aliphatic carbocycles. The Labute approximate surface area is 421 Å². The first kappa shape index (κ1) is 39.7. The Bertz CT molecular complexity index is 4780. The highest BCUT2D eigenvalue weighted by Crippen LogP contribution is 2.46. The van der Waals surface area contributed by atoms with Gasteiger partial charge in [0.25, 0.3) is 0 Å². The van der Waals surface area contributed by atoms with Crippen LogP contribution in [0.25, 0.3) is 159 Å². The number of thiophene rings is 4. The van der Waals surface area contributed by atoms with Crippen molar-refractivity contribution in [2.24, 2.45) is 0 Å². The zero-order chi connectivity index (χ0) is 46.3. The van der Waals surface area contributed by atoms with Crippen LogP contribution in [0, 0.1) is 0 Å². The van der Waals surface area contributed by atoms with E-state index < -0.39 is 0 Å². The van der Waals surface area contributed by atoms with Crippen molar-refractivity contribution in [1.82, 2.24) is 15.0 Å². The molecule has 0 saturated carbocycles. The van der Waals surface area contributed by atoms with E-state index >= 15 is 0 Å². The average molecular weight is 976 g/mol. The minimum absolute atomic E-state index is 0.601. The van der Waals surface area contributed by atoms with Crippen LogP contribution in [-0.2, 0) is 0 Å². The summed E-state index contributed by atoms with van der Waals surface area (Å²) in [6.45, 7) is 0. The van der Waals surface area contributed by atoms with Gasteiger partial charge in [0.05, 0.1) is 0 Å². The molecule has 0 radical (unpaired) electrons. The zero-order valence-corrected chi connectivity index (χ0v) is 40.7. The van der Waals surface area contributed by atoms with Crippen LogP contribution in [0.1, 0.15) is 0 Å². The molecule has 16 rings (SSSR count). The third kappa shape index (κ3) is 6.16. The Morgan fingerprint density at radius 3 is 1.35 bits per heavy atom. The van der Waals surface area contributed by atoms with E-state index in [0.29, 0.717) is 17.5 Å². The minimum Gasteiger partial charge on any atom is -0.456 e. The van der Waals surface area contributed by atoms with Gasteiger partial charge in [0.1, 0.15) is 11.2 Å². The van der Waals surface area contributed by atoms with Crippen LogP contribution < -0.4 is 0 Å². The quantitative estimate of drug-likeness (QED) is 0.172. The number of nitrogens with zero attached hydrogens (tertiary/aromatic N) is 3. The van der Waals surface area contributed by atoms with Crippen molar-refractivity contribution in [2.45, 2.75) is 0 Å². The Hall–Kier alpha value is -8.11. The Morgan fingerprint density at radius 2 is 0.704 bits per heavy atom. The lowest BCUT2D eigenvalue weighted by Gasteiger charge is -2.10. The first-order valence-corrected chi connectivity index (χ1v) is 26.8. The molecule has 8 heteroatoms. The molecule has 330 valence electrons. The van der Waals surface area contributed by atoms with E-state index in [4.69, 9.17) is 19.4 Å². The number of hydrogen-bond acceptors (Lipinski definition) is 8. The van der Waals surface area contributed by atoms with Gasteiger partial charge in [-0.15, -0.1) is 45.3 Å². The van der Waals surface area contributed by atoms with Crippen molar-refractivity contribution in [1.29, 1.82) is 0 Å². The molecule has 10 aromatic carbocycles. The normalized spacial score (nSPS) is 12.2. The van der Waals surface area contributed by atoms with Gasteiger partial charge in [0.2, 0.25) is 0 Å². The number of benzene rings is 10. The lowest BCUT2D eigenvalue weighted by Crippen LogP contribution is -2.00. The summed E-state index contributed by atoms with van der Waals surface area (Å²) in [6.07, 6.45) is 0. The minimum atomic E-state index is 0.601. The first-order valence-electron chi connectivity index (χ1n) is 23.5. The van der Waals surface area contributed by atoms with Crippen molar-refractivity contribution in [3.05, 3.63) is 200 Å². The van der Waals surface area contributed by atoms with Gasteiger partial charge in [-0.2, -0.15) is 0 Å². The predicted octanol–water partition coefficient (Wildman–Crippen LogP) is 19.6. The number of rotatable bonds is 5. The molecular formula is C63H33N3OS4. The smallest absolute Gasteiger partial charge is 0.164 e. The third-order valence-corrected chi connectivity index (χ3v) is 18.7. The van der Waals surface area contributed by atoms with Gasteiger partial charge in [0, 0.05) is 108 Å². The Balaban J connectivity index is 0.865. The monoisotopic (exact) mass is 975 g/mol. The van der Waals surface area contributed by atoms with Gasteiger partial charge < -0.3 is 4.42 Å². The summed E-state index contributed by atoms with van der Waals surface area (Å²) in [4.78, 5) is 16.0. The molecule has 0 aliphatic heterocycles. The first-order chi connectivity index (χ1) is 35.1. The number of furan rings is 1. The van der Waals surface area contributed by atoms with Crippen molar-refractivity contribution in [2.75, 3.05) is 0 Å². The maximum atomic E-state index is 6.68. The lowest BCUT2D eigenvalue weighted by atomic mass is 9.95. The molecule has 16 aromatic rings. The van der Waals surface area contributed by atoms with Gasteiger partial charge in [-0.3, -0.25) is 0 Å². The largest absolute Gasteiger partial charge is 0.456 e. The van der Waals surface area contributed by atoms with E-state index in [1.807, 2.05) is 28.7 Å². The van der Waals surface area contributed by atoms with Crippen molar-refractivity contribution in [3.63, 3.8) is 0 Å². The summed E-state index contributed by atoms with van der Waals surface area (Å²) in [7, 11) is 0. The Kier molecular flexibility index (Phi) is 8.50. The molecule has 0 spiro atoms. The summed E-state index contributed by atoms with van der Waals surface area (Å²) in [5, 5.41) is 12.2. The van der Waals surface area contributed by atoms with Crippen molar-refractivity contribution >= 4 is 148 Å². The fraction of sp³-hybridized carbons (Fsp3) is 0. The lowest BCUT2D eigenvalue weighted by molar-refractivity contribution is 0.669. The summed E-state index contributed by atoms with van der Waals surface area (Å²) in [5.41, 5.74) is 9.16. The van der Waals surface area contributed by atoms with Crippen LogP contribution in [0.5, 0.6) is 0 Å². The van der Waals surface area contributed by atoms with Crippen molar-refractivity contribution in [3.8, 4) is 56.4 Å². The standard InChI is InChI=1S/C63H33N3OS4/c1-4-15-51-40(9-1)43-24-19-35(31-56(43)69-51)34-23-28-54-48(29-34)60-39(12-8-18-55(60)68-54)36-22-27-49-47(30-36)59-46(13-7-14-50(59)67-49)63-65-61(37-20-25-44-41-10-2-5-16-52(41)70-57(44)32-37)64-62(66-63)38-21-26-45-42-11-3-6-17-53(42)71-58(45)33-38/h1-33H. The zero-order valence-electron chi connectivity index (χ0n) is 37.4. The molecule has 0 unspecified atom stereocenters. The third-order valence-electron chi connectivity index (χ3n) is 14.2. The van der Waals surface area contributed by atoms with E-state index in [2.05, 4.69) is 194 Å². The molecule has 4 nitrogen and oxygen atoms in total. The van der Waals surface area contributed by atoms with E-state index in [1.165, 1.54) is 97.4 Å². The van der Waals surface area contributed by atoms with Crippen molar-refractivity contribution < 1.29 is 4.42 Å². The highest BCUT2D eigenvalue weighted by Gasteiger charge is 2.21.